The van der Waals surface area contributed by atoms with Crippen LogP contribution in [0.1, 0.15) is 36.2 Å². The highest BCUT2D eigenvalue weighted by Crippen LogP contribution is 2.07. The first-order valence-corrected chi connectivity index (χ1v) is 7.52. The highest BCUT2D eigenvalue weighted by molar-refractivity contribution is 5.93. The van der Waals surface area contributed by atoms with Crippen LogP contribution in [0.3, 0.4) is 0 Å². The molecule has 0 unspecified atom stereocenters. The fraction of sp³-hybridized carbons (Fsp3) is 0.353. The van der Waals surface area contributed by atoms with Crippen molar-refractivity contribution in [1.82, 2.24) is 15.3 Å². The van der Waals surface area contributed by atoms with Crippen LogP contribution in [0.5, 0.6) is 0 Å². The molecule has 2 aromatic heterocycles. The minimum Gasteiger partial charge on any atom is -0.370 e. The van der Waals surface area contributed by atoms with E-state index >= 15 is 0 Å². The van der Waals surface area contributed by atoms with Crippen LogP contribution in [0, 0.1) is 5.92 Å². The third-order valence-electron chi connectivity index (χ3n) is 3.26. The topological polar surface area (TPSA) is 66.9 Å². The predicted molar refractivity (Wildman–Crippen MR) is 87.6 cm³/mol. The van der Waals surface area contributed by atoms with Crippen LogP contribution in [0.25, 0.3) is 0 Å². The molecule has 22 heavy (non-hydrogen) atoms. The molecule has 0 aliphatic carbocycles. The summed E-state index contributed by atoms with van der Waals surface area (Å²) in [5.41, 5.74) is 1.58. The molecule has 0 atom stereocenters. The number of pyridine rings is 2. The van der Waals surface area contributed by atoms with Crippen LogP contribution in [-0.2, 0) is 6.54 Å². The normalized spacial score (nSPS) is 10.5. The summed E-state index contributed by atoms with van der Waals surface area (Å²) >= 11 is 0. The van der Waals surface area contributed by atoms with Gasteiger partial charge in [-0.25, -0.2) is 4.98 Å². The average molecular weight is 298 g/mol. The number of aromatic nitrogens is 2. The van der Waals surface area contributed by atoms with E-state index in [2.05, 4.69) is 34.4 Å². The molecule has 0 aliphatic rings. The summed E-state index contributed by atoms with van der Waals surface area (Å²) in [5, 5.41) is 6.12. The maximum Gasteiger partial charge on any atom is 0.253 e. The lowest BCUT2D eigenvalue weighted by Gasteiger charge is -2.08. The molecule has 2 N–H and O–H groups in total. The molecule has 0 fully saturated rings. The van der Waals surface area contributed by atoms with Gasteiger partial charge in [-0.15, -0.1) is 0 Å². The first kappa shape index (κ1) is 15.9. The SMILES string of the molecule is CC(C)CCNc1ccc(C(=O)NCc2ccncc2)cn1. The second-order valence-electron chi connectivity index (χ2n) is 5.58. The number of hydrogen-bond acceptors (Lipinski definition) is 4. The predicted octanol–water partition coefficient (Wildman–Crippen LogP) is 2.86. The molecule has 2 rings (SSSR count). The minimum atomic E-state index is -0.127. The Hall–Kier alpha value is -2.43. The summed E-state index contributed by atoms with van der Waals surface area (Å²) in [4.78, 5) is 20.3. The highest BCUT2D eigenvalue weighted by atomic mass is 16.1. The van der Waals surface area contributed by atoms with Gasteiger partial charge in [0, 0.05) is 31.7 Å². The van der Waals surface area contributed by atoms with Gasteiger partial charge >= 0.3 is 0 Å². The smallest absolute Gasteiger partial charge is 0.253 e. The zero-order chi connectivity index (χ0) is 15.8. The van der Waals surface area contributed by atoms with E-state index in [1.165, 1.54) is 0 Å². The Morgan fingerprint density at radius 3 is 2.59 bits per heavy atom. The Balaban J connectivity index is 1.83. The quantitative estimate of drug-likeness (QED) is 0.825. The van der Waals surface area contributed by atoms with Crippen molar-refractivity contribution in [3.8, 4) is 0 Å². The largest absolute Gasteiger partial charge is 0.370 e. The maximum atomic E-state index is 12.0. The molecular formula is C17H22N4O. The van der Waals surface area contributed by atoms with E-state index in [9.17, 15) is 4.79 Å². The number of anilines is 1. The number of hydrogen-bond donors (Lipinski definition) is 2. The first-order chi connectivity index (χ1) is 10.6. The highest BCUT2D eigenvalue weighted by Gasteiger charge is 2.06. The molecule has 0 saturated heterocycles. The molecule has 0 radical (unpaired) electrons. The Labute approximate surface area is 131 Å². The number of nitrogens with one attached hydrogen (secondary N) is 2. The Morgan fingerprint density at radius 2 is 1.95 bits per heavy atom. The minimum absolute atomic E-state index is 0.127. The standard InChI is InChI=1S/C17H22N4O/c1-13(2)5-10-19-16-4-3-15(12-20-16)17(22)21-11-14-6-8-18-9-7-14/h3-4,6-9,12-13H,5,10-11H2,1-2H3,(H,19,20)(H,21,22). The monoisotopic (exact) mass is 298 g/mol. The van der Waals surface area contributed by atoms with E-state index in [1.807, 2.05) is 18.2 Å². The van der Waals surface area contributed by atoms with Gasteiger partial charge in [-0.05, 0) is 42.2 Å². The molecule has 0 aromatic carbocycles. The van der Waals surface area contributed by atoms with Crippen molar-refractivity contribution >= 4 is 11.7 Å². The third kappa shape index (κ3) is 5.16. The summed E-state index contributed by atoms with van der Waals surface area (Å²) in [6.45, 7) is 5.74. The lowest BCUT2D eigenvalue weighted by atomic mass is 10.1. The third-order valence-corrected chi connectivity index (χ3v) is 3.26. The van der Waals surface area contributed by atoms with Crippen molar-refractivity contribution in [2.45, 2.75) is 26.8 Å². The molecule has 1 amide bonds. The van der Waals surface area contributed by atoms with E-state index in [-0.39, 0.29) is 5.91 Å². The Bertz CT molecular complexity index is 581. The van der Waals surface area contributed by atoms with Gasteiger partial charge in [0.25, 0.3) is 5.91 Å². The van der Waals surface area contributed by atoms with Gasteiger partial charge in [0.15, 0.2) is 0 Å². The van der Waals surface area contributed by atoms with Gasteiger partial charge in [0.2, 0.25) is 0 Å². The molecule has 0 bridgehead atoms. The molecule has 2 aromatic rings. The lowest BCUT2D eigenvalue weighted by molar-refractivity contribution is 0.0950. The molecule has 0 spiro atoms. The van der Waals surface area contributed by atoms with Crippen molar-refractivity contribution in [1.29, 1.82) is 0 Å². The lowest BCUT2D eigenvalue weighted by Crippen LogP contribution is -2.23. The van der Waals surface area contributed by atoms with Crippen molar-refractivity contribution in [2.75, 3.05) is 11.9 Å². The van der Waals surface area contributed by atoms with Gasteiger partial charge in [0.1, 0.15) is 5.82 Å². The molecule has 2 heterocycles. The molecule has 0 aliphatic heterocycles. The summed E-state index contributed by atoms with van der Waals surface area (Å²) in [7, 11) is 0. The number of rotatable bonds is 7. The van der Waals surface area contributed by atoms with E-state index in [0.717, 1.165) is 24.3 Å². The van der Waals surface area contributed by atoms with Crippen LogP contribution in [-0.4, -0.2) is 22.4 Å². The molecular weight excluding hydrogens is 276 g/mol. The van der Waals surface area contributed by atoms with Crippen LogP contribution in [0.15, 0.2) is 42.9 Å². The number of amides is 1. The second-order valence-corrected chi connectivity index (χ2v) is 5.58. The van der Waals surface area contributed by atoms with Crippen LogP contribution >= 0.6 is 0 Å². The van der Waals surface area contributed by atoms with E-state index in [1.54, 1.807) is 24.7 Å². The Morgan fingerprint density at radius 1 is 1.18 bits per heavy atom. The molecule has 5 nitrogen and oxygen atoms in total. The van der Waals surface area contributed by atoms with Crippen molar-refractivity contribution in [3.63, 3.8) is 0 Å². The fourth-order valence-corrected chi connectivity index (χ4v) is 1.91. The van der Waals surface area contributed by atoms with Crippen LogP contribution in [0.2, 0.25) is 0 Å². The second kappa shape index (κ2) is 8.12. The van der Waals surface area contributed by atoms with Gasteiger partial charge in [-0.1, -0.05) is 13.8 Å². The molecule has 0 saturated carbocycles. The number of carbonyl (C=O) groups excluding carboxylic acids is 1. The summed E-state index contributed by atoms with van der Waals surface area (Å²) < 4.78 is 0. The van der Waals surface area contributed by atoms with Gasteiger partial charge in [0.05, 0.1) is 5.56 Å². The van der Waals surface area contributed by atoms with Gasteiger partial charge in [-0.2, -0.15) is 0 Å². The summed E-state index contributed by atoms with van der Waals surface area (Å²) in [6, 6.07) is 7.37. The van der Waals surface area contributed by atoms with Crippen molar-refractivity contribution in [2.24, 2.45) is 5.92 Å². The maximum absolute atomic E-state index is 12.0. The van der Waals surface area contributed by atoms with E-state index in [4.69, 9.17) is 0 Å². The van der Waals surface area contributed by atoms with Gasteiger partial charge < -0.3 is 10.6 Å². The van der Waals surface area contributed by atoms with Crippen LogP contribution < -0.4 is 10.6 Å². The fourth-order valence-electron chi connectivity index (χ4n) is 1.91. The van der Waals surface area contributed by atoms with Crippen molar-refractivity contribution in [3.05, 3.63) is 54.0 Å². The van der Waals surface area contributed by atoms with Gasteiger partial charge in [-0.3, -0.25) is 9.78 Å². The Kier molecular flexibility index (Phi) is 5.89. The first-order valence-electron chi connectivity index (χ1n) is 7.52. The zero-order valence-corrected chi connectivity index (χ0v) is 13.0. The van der Waals surface area contributed by atoms with Crippen LogP contribution in [0.4, 0.5) is 5.82 Å². The number of nitrogens with zero attached hydrogens (tertiary/aromatic N) is 2. The molecule has 5 heteroatoms. The average Bonchev–Trinajstić information content (AvgIpc) is 2.54. The number of carbonyl (C=O) groups is 1. The van der Waals surface area contributed by atoms with E-state index < -0.39 is 0 Å². The van der Waals surface area contributed by atoms with E-state index in [0.29, 0.717) is 18.0 Å². The zero-order valence-electron chi connectivity index (χ0n) is 13.0. The summed E-state index contributed by atoms with van der Waals surface area (Å²) in [5.74, 6) is 1.33. The van der Waals surface area contributed by atoms with Crippen molar-refractivity contribution < 1.29 is 4.79 Å². The molecule has 116 valence electrons. The summed E-state index contributed by atoms with van der Waals surface area (Å²) in [6.07, 6.45) is 6.11.